The topological polar surface area (TPSA) is 80.5 Å². The van der Waals surface area contributed by atoms with Gasteiger partial charge < -0.3 is 4.90 Å². The number of rotatable bonds is 5. The highest BCUT2D eigenvalue weighted by Gasteiger charge is 2.23. The third-order valence-corrected chi connectivity index (χ3v) is 5.28. The third kappa shape index (κ3) is 3.63. The molecule has 0 aliphatic carbocycles. The molecule has 0 unspecified atom stereocenters. The molecule has 0 aliphatic heterocycles. The van der Waals surface area contributed by atoms with E-state index in [0.29, 0.717) is 12.2 Å². The fourth-order valence-corrected chi connectivity index (χ4v) is 3.88. The zero-order valence-corrected chi connectivity index (χ0v) is 14.1. The lowest BCUT2D eigenvalue weighted by Crippen LogP contribution is -2.16. The van der Waals surface area contributed by atoms with Crippen molar-refractivity contribution in [3.63, 3.8) is 0 Å². The Morgan fingerprint density at radius 2 is 1.95 bits per heavy atom. The molecule has 0 atom stereocenters. The Hall–Kier alpha value is -1.93. The molecule has 0 fully saturated rings. The van der Waals surface area contributed by atoms with Gasteiger partial charge in [-0.3, -0.25) is 10.1 Å². The second-order valence-electron chi connectivity index (χ2n) is 5.05. The Morgan fingerprint density at radius 3 is 2.45 bits per heavy atom. The minimum Gasteiger partial charge on any atom is -0.369 e. The predicted octanol–water partition coefficient (Wildman–Crippen LogP) is 3.00. The summed E-state index contributed by atoms with van der Waals surface area (Å²) in [6.07, 6.45) is 0.974. The van der Waals surface area contributed by atoms with Crippen LogP contribution < -0.4 is 4.90 Å². The van der Waals surface area contributed by atoms with Crippen molar-refractivity contribution in [2.45, 2.75) is 18.4 Å². The summed E-state index contributed by atoms with van der Waals surface area (Å²) in [5.74, 6) is 0. The first-order valence-electron chi connectivity index (χ1n) is 6.43. The van der Waals surface area contributed by atoms with E-state index in [4.69, 9.17) is 0 Å². The number of hydrogen-bond acceptors (Lipinski definition) is 6. The molecule has 1 aromatic heterocycles. The quantitative estimate of drug-likeness (QED) is 0.617. The first-order valence-corrected chi connectivity index (χ1v) is 9.14. The van der Waals surface area contributed by atoms with Crippen LogP contribution in [0.25, 0.3) is 0 Å². The van der Waals surface area contributed by atoms with Gasteiger partial charge in [0.2, 0.25) is 0 Å². The number of nitrogens with zero attached hydrogens (tertiary/aromatic N) is 2. The standard InChI is InChI=1S/C14H16N2O4S2/c1-10-4-6-12(21-10)9-15(2)11-5-7-13(16(17)18)14(8-11)22(3,19)20/h4-8H,9H2,1-3H3. The zero-order valence-electron chi connectivity index (χ0n) is 12.4. The Kier molecular flexibility index (Phi) is 4.52. The highest BCUT2D eigenvalue weighted by Crippen LogP contribution is 2.29. The van der Waals surface area contributed by atoms with Crippen LogP contribution in [-0.4, -0.2) is 26.6 Å². The minimum atomic E-state index is -3.67. The van der Waals surface area contributed by atoms with Gasteiger partial charge in [-0.05, 0) is 31.2 Å². The zero-order chi connectivity index (χ0) is 16.5. The summed E-state index contributed by atoms with van der Waals surface area (Å²) < 4.78 is 23.5. The number of aryl methyl sites for hydroxylation is 1. The highest BCUT2D eigenvalue weighted by molar-refractivity contribution is 7.90. The van der Waals surface area contributed by atoms with Gasteiger partial charge in [0.05, 0.1) is 11.5 Å². The van der Waals surface area contributed by atoms with Gasteiger partial charge in [0, 0.05) is 34.8 Å². The van der Waals surface area contributed by atoms with E-state index in [0.717, 1.165) is 11.1 Å². The summed E-state index contributed by atoms with van der Waals surface area (Å²) in [5.41, 5.74) is 0.226. The molecular formula is C14H16N2O4S2. The number of benzene rings is 1. The van der Waals surface area contributed by atoms with Crippen LogP contribution >= 0.6 is 11.3 Å². The first-order chi connectivity index (χ1) is 10.2. The fraction of sp³-hybridized carbons (Fsp3) is 0.286. The lowest BCUT2D eigenvalue weighted by molar-refractivity contribution is -0.387. The van der Waals surface area contributed by atoms with Gasteiger partial charge in [0.15, 0.2) is 9.84 Å². The molecule has 1 aromatic carbocycles. The largest absolute Gasteiger partial charge is 0.369 e. The van der Waals surface area contributed by atoms with Crippen LogP contribution in [0.5, 0.6) is 0 Å². The number of sulfone groups is 1. The molecule has 0 amide bonds. The van der Waals surface area contributed by atoms with E-state index in [1.807, 2.05) is 31.0 Å². The predicted molar refractivity (Wildman–Crippen MR) is 87.4 cm³/mol. The van der Waals surface area contributed by atoms with Crippen molar-refractivity contribution in [1.82, 2.24) is 0 Å². The minimum absolute atomic E-state index is 0.260. The summed E-state index contributed by atoms with van der Waals surface area (Å²) in [6.45, 7) is 2.63. The molecule has 0 aliphatic rings. The Morgan fingerprint density at radius 1 is 1.27 bits per heavy atom. The molecule has 0 radical (unpaired) electrons. The van der Waals surface area contributed by atoms with Crippen LogP contribution in [0.4, 0.5) is 11.4 Å². The Labute approximate surface area is 133 Å². The van der Waals surface area contributed by atoms with E-state index < -0.39 is 20.4 Å². The average molecular weight is 340 g/mol. The van der Waals surface area contributed by atoms with Gasteiger partial charge in [-0.15, -0.1) is 11.3 Å². The second kappa shape index (κ2) is 6.05. The SMILES string of the molecule is Cc1ccc(CN(C)c2ccc([N+](=O)[O-])c(S(C)(=O)=O)c2)s1. The number of nitro benzene ring substituents is 1. The van der Waals surface area contributed by atoms with Crippen molar-refractivity contribution < 1.29 is 13.3 Å². The maximum atomic E-state index is 11.8. The van der Waals surface area contributed by atoms with Gasteiger partial charge in [-0.1, -0.05) is 0 Å². The Balaban J connectivity index is 2.38. The van der Waals surface area contributed by atoms with Gasteiger partial charge in [0.25, 0.3) is 5.69 Å². The smallest absolute Gasteiger partial charge is 0.288 e. The van der Waals surface area contributed by atoms with Crippen LogP contribution in [0.15, 0.2) is 35.2 Å². The molecule has 0 saturated carbocycles. The van der Waals surface area contributed by atoms with Crippen molar-refractivity contribution in [3.05, 3.63) is 50.2 Å². The maximum Gasteiger partial charge on any atom is 0.288 e. The van der Waals surface area contributed by atoms with Crippen LogP contribution in [0.1, 0.15) is 9.75 Å². The summed E-state index contributed by atoms with van der Waals surface area (Å²) in [4.78, 5) is 14.2. The molecular weight excluding hydrogens is 324 g/mol. The lowest BCUT2D eigenvalue weighted by atomic mass is 10.2. The van der Waals surface area contributed by atoms with E-state index in [9.17, 15) is 18.5 Å². The highest BCUT2D eigenvalue weighted by atomic mass is 32.2. The average Bonchev–Trinajstić information content (AvgIpc) is 2.82. The molecule has 118 valence electrons. The molecule has 0 bridgehead atoms. The molecule has 8 heteroatoms. The van der Waals surface area contributed by atoms with Crippen molar-refractivity contribution in [2.75, 3.05) is 18.2 Å². The summed E-state index contributed by atoms with van der Waals surface area (Å²) >= 11 is 1.66. The normalized spacial score (nSPS) is 11.4. The van der Waals surface area contributed by atoms with Crippen LogP contribution in [0.2, 0.25) is 0 Å². The lowest BCUT2D eigenvalue weighted by Gasteiger charge is -2.19. The third-order valence-electron chi connectivity index (χ3n) is 3.17. The summed E-state index contributed by atoms with van der Waals surface area (Å²) in [5, 5.41) is 11.0. The van der Waals surface area contributed by atoms with E-state index in [-0.39, 0.29) is 4.90 Å². The molecule has 6 nitrogen and oxygen atoms in total. The maximum absolute atomic E-state index is 11.8. The molecule has 1 heterocycles. The molecule has 0 N–H and O–H groups in total. The van der Waals surface area contributed by atoms with Crippen LogP contribution in [0, 0.1) is 17.0 Å². The second-order valence-corrected chi connectivity index (χ2v) is 8.41. The van der Waals surface area contributed by atoms with Crippen molar-refractivity contribution in [3.8, 4) is 0 Å². The Bertz CT molecular complexity index is 812. The number of thiophene rings is 1. The first kappa shape index (κ1) is 16.4. The van der Waals surface area contributed by atoms with Crippen LogP contribution in [0.3, 0.4) is 0 Å². The number of anilines is 1. The summed E-state index contributed by atoms with van der Waals surface area (Å²) in [7, 11) is -1.85. The molecule has 0 saturated heterocycles. The van der Waals surface area contributed by atoms with Crippen molar-refractivity contribution >= 4 is 32.5 Å². The van der Waals surface area contributed by atoms with E-state index >= 15 is 0 Å². The van der Waals surface area contributed by atoms with Crippen LogP contribution in [-0.2, 0) is 16.4 Å². The number of hydrogen-bond donors (Lipinski definition) is 0. The molecule has 2 rings (SSSR count). The van der Waals surface area contributed by atoms with Gasteiger partial charge in [-0.25, -0.2) is 8.42 Å². The van der Waals surface area contributed by atoms with Crippen molar-refractivity contribution in [2.24, 2.45) is 0 Å². The molecule has 22 heavy (non-hydrogen) atoms. The van der Waals surface area contributed by atoms with E-state index in [2.05, 4.69) is 0 Å². The summed E-state index contributed by atoms with van der Waals surface area (Å²) in [6, 6.07) is 8.19. The van der Waals surface area contributed by atoms with Gasteiger partial charge in [0.1, 0.15) is 4.90 Å². The van der Waals surface area contributed by atoms with Gasteiger partial charge in [-0.2, -0.15) is 0 Å². The molecule has 2 aromatic rings. The monoisotopic (exact) mass is 340 g/mol. The number of nitro groups is 1. The van der Waals surface area contributed by atoms with Gasteiger partial charge >= 0.3 is 0 Å². The molecule has 0 spiro atoms. The van der Waals surface area contributed by atoms with Crippen molar-refractivity contribution in [1.29, 1.82) is 0 Å². The van der Waals surface area contributed by atoms with E-state index in [1.54, 1.807) is 17.4 Å². The fourth-order valence-electron chi connectivity index (χ4n) is 2.08. The van der Waals surface area contributed by atoms with E-state index in [1.165, 1.54) is 17.0 Å².